The van der Waals surface area contributed by atoms with Crippen molar-refractivity contribution in [3.63, 3.8) is 0 Å². The predicted molar refractivity (Wildman–Crippen MR) is 146 cm³/mol. The Labute approximate surface area is 213 Å². The zero-order valence-electron chi connectivity index (χ0n) is 21.8. The number of fused-ring (bicyclic) bond motifs is 1. The molecule has 1 aromatic heterocycles. The highest BCUT2D eigenvalue weighted by Crippen LogP contribution is 2.40. The van der Waals surface area contributed by atoms with Gasteiger partial charge in [0.1, 0.15) is 16.8 Å². The average Bonchev–Trinajstić information content (AvgIpc) is 2.97. The predicted octanol–water partition coefficient (Wildman–Crippen LogP) is 4.69. The van der Waals surface area contributed by atoms with Crippen LogP contribution in [0.2, 0.25) is 0 Å². The van der Waals surface area contributed by atoms with Crippen LogP contribution in [0.4, 0.5) is 5.00 Å². The van der Waals surface area contributed by atoms with Gasteiger partial charge in [-0.25, -0.2) is 0 Å². The minimum atomic E-state index is -0.663. The summed E-state index contributed by atoms with van der Waals surface area (Å²) >= 11 is 1.61. The van der Waals surface area contributed by atoms with Gasteiger partial charge in [-0.2, -0.15) is 0 Å². The Morgan fingerprint density at radius 3 is 2.43 bits per heavy atom. The van der Waals surface area contributed by atoms with Gasteiger partial charge >= 0.3 is 5.97 Å². The first-order chi connectivity index (χ1) is 16.4. The Bertz CT molecular complexity index is 1100. The van der Waals surface area contributed by atoms with Crippen molar-refractivity contribution in [2.24, 2.45) is 16.5 Å². The molecule has 1 unspecified atom stereocenters. The molecule has 8 heteroatoms. The fraction of sp³-hybridized carbons (Fsp3) is 0.519. The van der Waals surface area contributed by atoms with Gasteiger partial charge < -0.3 is 21.1 Å². The number of nitrogens with two attached hydrogens (primary N) is 2. The number of unbranched alkanes of at least 4 members (excludes halogenated alkanes) is 1. The van der Waals surface area contributed by atoms with Crippen molar-refractivity contribution in [2.45, 2.75) is 85.0 Å². The lowest BCUT2D eigenvalue weighted by molar-refractivity contribution is -0.155. The largest absolute Gasteiger partial charge is 0.460 e. The topological polar surface area (TPSA) is 118 Å². The molecule has 1 aliphatic heterocycles. The molecule has 1 aliphatic rings. The number of hydrogen-bond donors (Lipinski definition) is 3. The van der Waals surface area contributed by atoms with Crippen molar-refractivity contribution >= 4 is 33.9 Å². The molecule has 35 heavy (non-hydrogen) atoms. The molecule has 2 heterocycles. The third kappa shape index (κ3) is 6.37. The highest BCUT2D eigenvalue weighted by molar-refractivity contribution is 7.17. The van der Waals surface area contributed by atoms with E-state index in [-0.39, 0.29) is 12.4 Å². The molecule has 190 valence electrons. The number of carbonyl (C=O) groups excluding carboxylic acids is 1. The van der Waals surface area contributed by atoms with Crippen molar-refractivity contribution in [1.82, 2.24) is 0 Å². The van der Waals surface area contributed by atoms with Gasteiger partial charge in [0.15, 0.2) is 0 Å². The molecule has 2 atom stereocenters. The van der Waals surface area contributed by atoms with Crippen LogP contribution in [-0.2, 0) is 16.0 Å². The van der Waals surface area contributed by atoms with Crippen molar-refractivity contribution in [3.8, 4) is 0 Å². The Balaban J connectivity index is 2.09. The number of hydrogen-bond acceptors (Lipinski definition) is 7. The summed E-state index contributed by atoms with van der Waals surface area (Å²) < 4.78 is 5.59. The van der Waals surface area contributed by atoms with Gasteiger partial charge in [-0.05, 0) is 78.5 Å². The molecule has 0 bridgehead atoms. The highest BCUT2D eigenvalue weighted by Gasteiger charge is 2.36. The third-order valence-corrected chi connectivity index (χ3v) is 7.32. The zero-order chi connectivity index (χ0) is 25.9. The Hall–Kier alpha value is -2.55. The number of rotatable bonds is 7. The molecule has 0 saturated carbocycles. The molecule has 1 aromatic carbocycles. The van der Waals surface area contributed by atoms with E-state index in [4.69, 9.17) is 26.6 Å². The van der Waals surface area contributed by atoms with Crippen LogP contribution in [0, 0.1) is 19.3 Å². The number of nitrogens with zero attached hydrogens (tertiary/aromatic N) is 2. The van der Waals surface area contributed by atoms with Crippen LogP contribution < -0.4 is 16.4 Å². The SMILES string of the molecule is CC(=N)N1c2sc(C)c(C)c2C(c2ccc(CCCCN)cc2)=N[C@@H](CC(=O)OC(C)(C)C)C1N. The molecule has 0 saturated heterocycles. The molecule has 0 radical (unpaired) electrons. The van der Waals surface area contributed by atoms with Crippen LogP contribution in [0.25, 0.3) is 0 Å². The van der Waals surface area contributed by atoms with Crippen molar-refractivity contribution < 1.29 is 9.53 Å². The second kappa shape index (κ2) is 11.0. The second-order valence-corrected chi connectivity index (χ2v) is 11.4. The molecule has 3 rings (SSSR count). The first-order valence-corrected chi connectivity index (χ1v) is 13.0. The van der Waals surface area contributed by atoms with Gasteiger partial charge in [0.05, 0.1) is 24.0 Å². The summed E-state index contributed by atoms with van der Waals surface area (Å²) in [7, 11) is 0. The number of aliphatic imine (C=N–C) groups is 1. The van der Waals surface area contributed by atoms with E-state index in [1.54, 1.807) is 18.3 Å². The fourth-order valence-corrected chi connectivity index (χ4v) is 5.54. The maximum atomic E-state index is 12.8. The molecule has 0 amide bonds. The minimum Gasteiger partial charge on any atom is -0.460 e. The first-order valence-electron chi connectivity index (χ1n) is 12.2. The van der Waals surface area contributed by atoms with Crippen molar-refractivity contribution in [3.05, 3.63) is 51.4 Å². The monoisotopic (exact) mass is 497 g/mol. The average molecular weight is 498 g/mol. The highest BCUT2D eigenvalue weighted by atomic mass is 32.1. The van der Waals surface area contributed by atoms with Gasteiger partial charge in [0.2, 0.25) is 0 Å². The van der Waals surface area contributed by atoms with Crippen LogP contribution in [0.15, 0.2) is 29.3 Å². The summed E-state index contributed by atoms with van der Waals surface area (Å²) in [6.07, 6.45) is 2.43. The second-order valence-electron chi connectivity index (χ2n) is 10.2. The molecular weight excluding hydrogens is 458 g/mol. The number of ether oxygens (including phenoxy) is 1. The van der Waals surface area contributed by atoms with Gasteiger partial charge in [-0.15, -0.1) is 11.3 Å². The number of amidine groups is 1. The Kier molecular flexibility index (Phi) is 8.51. The smallest absolute Gasteiger partial charge is 0.308 e. The first kappa shape index (κ1) is 27.0. The summed E-state index contributed by atoms with van der Waals surface area (Å²) in [5, 5.41) is 9.40. The quantitative estimate of drug-likeness (QED) is 0.222. The number of aryl methyl sites for hydroxylation is 2. The Morgan fingerprint density at radius 2 is 1.86 bits per heavy atom. The van der Waals surface area contributed by atoms with E-state index in [2.05, 4.69) is 38.1 Å². The molecule has 2 aromatic rings. The van der Waals surface area contributed by atoms with Gasteiger partial charge in [0.25, 0.3) is 0 Å². The summed E-state index contributed by atoms with van der Waals surface area (Å²) in [4.78, 5) is 20.8. The number of nitrogens with one attached hydrogen (secondary N) is 1. The van der Waals surface area contributed by atoms with Crippen LogP contribution in [-0.4, -0.2) is 41.9 Å². The minimum absolute atomic E-state index is 0.0376. The molecular formula is C27H39N5O2S. The lowest BCUT2D eigenvalue weighted by atomic mass is 9.97. The summed E-state index contributed by atoms with van der Waals surface area (Å²) in [5.41, 5.74) is 16.9. The van der Waals surface area contributed by atoms with Crippen LogP contribution >= 0.6 is 11.3 Å². The van der Waals surface area contributed by atoms with Crippen LogP contribution in [0.3, 0.4) is 0 Å². The summed E-state index contributed by atoms with van der Waals surface area (Å²) in [6.45, 7) is 12.1. The standard InChI is InChI=1S/C27H39N5O2S/c1-16-17(2)35-26-23(16)24(20-12-10-19(11-13-20)9-7-8-14-28)31-21(25(30)32(26)18(3)29)15-22(33)34-27(4,5)6/h10-13,21,25,29H,7-9,14-15,28,30H2,1-6H3/t21-,25?/m0/s1. The maximum absolute atomic E-state index is 12.8. The zero-order valence-corrected chi connectivity index (χ0v) is 22.6. The number of benzene rings is 1. The van der Waals surface area contributed by atoms with E-state index in [0.717, 1.165) is 51.5 Å². The van der Waals surface area contributed by atoms with Crippen LogP contribution in [0.5, 0.6) is 0 Å². The fourth-order valence-electron chi connectivity index (χ4n) is 4.29. The lowest BCUT2D eigenvalue weighted by Crippen LogP contribution is -2.51. The molecule has 0 aliphatic carbocycles. The molecule has 7 nitrogen and oxygen atoms in total. The van der Waals surface area contributed by atoms with E-state index in [1.165, 1.54) is 5.56 Å². The number of anilines is 1. The van der Waals surface area contributed by atoms with E-state index >= 15 is 0 Å². The molecule has 0 spiro atoms. The molecule has 5 N–H and O–H groups in total. The third-order valence-electron chi connectivity index (χ3n) is 6.11. The van der Waals surface area contributed by atoms with E-state index in [0.29, 0.717) is 12.4 Å². The van der Waals surface area contributed by atoms with Crippen molar-refractivity contribution in [2.75, 3.05) is 11.4 Å². The van der Waals surface area contributed by atoms with E-state index < -0.39 is 17.8 Å². The number of thiophene rings is 1. The Morgan fingerprint density at radius 1 is 1.20 bits per heavy atom. The summed E-state index contributed by atoms with van der Waals surface area (Å²) in [5.74, 6) is -0.0297. The number of esters is 1. The normalized spacial score (nSPS) is 18.1. The number of carbonyl (C=O) groups is 1. The van der Waals surface area contributed by atoms with E-state index in [9.17, 15) is 4.79 Å². The van der Waals surface area contributed by atoms with Crippen molar-refractivity contribution in [1.29, 1.82) is 5.41 Å². The van der Waals surface area contributed by atoms with Gasteiger partial charge in [-0.1, -0.05) is 24.3 Å². The lowest BCUT2D eigenvalue weighted by Gasteiger charge is -2.31. The van der Waals surface area contributed by atoms with Gasteiger partial charge in [-0.3, -0.25) is 15.2 Å². The van der Waals surface area contributed by atoms with Crippen LogP contribution in [0.1, 0.15) is 74.1 Å². The maximum Gasteiger partial charge on any atom is 0.308 e. The van der Waals surface area contributed by atoms with E-state index in [1.807, 2.05) is 25.7 Å². The summed E-state index contributed by atoms with van der Waals surface area (Å²) in [6, 6.07) is 7.89. The molecule has 0 fully saturated rings. The van der Waals surface area contributed by atoms with Gasteiger partial charge in [0, 0.05) is 16.0 Å².